The molecule has 0 saturated heterocycles. The highest BCUT2D eigenvalue weighted by Gasteiger charge is 2.70. The summed E-state index contributed by atoms with van der Waals surface area (Å²) in [5, 5.41) is 22.6. The molecule has 4 saturated carbocycles. The van der Waals surface area contributed by atoms with Gasteiger partial charge in [0.1, 0.15) is 6.10 Å². The maximum Gasteiger partial charge on any atom is 0.302 e. The van der Waals surface area contributed by atoms with Crippen LogP contribution in [-0.4, -0.2) is 29.0 Å². The number of allylic oxidation sites excluding steroid dienone is 2. The third-order valence-electron chi connectivity index (χ3n) is 14.8. The molecule has 0 aromatic heterocycles. The van der Waals surface area contributed by atoms with Gasteiger partial charge in [-0.05, 0) is 109 Å². The minimum absolute atomic E-state index is 0.0307. The third-order valence-corrected chi connectivity index (χ3v) is 14.8. The normalized spacial score (nSPS) is 43.5. The van der Waals surface area contributed by atoms with E-state index in [9.17, 15) is 24.8 Å². The summed E-state index contributed by atoms with van der Waals surface area (Å²) in [4.78, 5) is 40.6. The van der Waals surface area contributed by atoms with E-state index in [1.807, 2.05) is 6.08 Å². The Labute approximate surface area is 274 Å². The van der Waals surface area contributed by atoms with Crippen molar-refractivity contribution in [3.63, 3.8) is 0 Å². The summed E-state index contributed by atoms with van der Waals surface area (Å²) in [6.07, 6.45) is 10.0. The van der Waals surface area contributed by atoms with Crippen molar-refractivity contribution in [2.24, 2.45) is 50.2 Å². The zero-order chi connectivity index (χ0) is 33.7. The molecular weight excluding hydrogens is 580 g/mol. The maximum absolute atomic E-state index is 14.7. The number of hydrogen-bond donors (Lipinski definition) is 3. The van der Waals surface area contributed by atoms with Crippen molar-refractivity contribution in [2.45, 2.75) is 119 Å². The first-order chi connectivity index (χ1) is 21.3. The van der Waals surface area contributed by atoms with E-state index in [1.54, 1.807) is 12.1 Å². The molecule has 0 radical (unpaired) electrons. The summed E-state index contributed by atoms with van der Waals surface area (Å²) in [6.45, 7) is 17.6. The second-order valence-electron chi connectivity index (χ2n) is 17.5. The lowest BCUT2D eigenvalue weighted by Crippen LogP contribution is -2.99. The van der Waals surface area contributed by atoms with Crippen molar-refractivity contribution in [3.05, 3.63) is 41.1 Å². The average molecular weight is 635 g/mol. The number of esters is 1. The van der Waals surface area contributed by atoms with E-state index >= 15 is 0 Å². The lowest BCUT2D eigenvalue weighted by Gasteiger charge is -2.70. The van der Waals surface area contributed by atoms with Crippen LogP contribution in [0.2, 0.25) is 0 Å². The van der Waals surface area contributed by atoms with Crippen molar-refractivity contribution in [1.82, 2.24) is 0 Å². The minimum Gasteiger partial charge on any atom is -0.595 e. The second-order valence-corrected chi connectivity index (χ2v) is 17.5. The number of carbonyl (C=O) groups is 3. The number of quaternary nitrogens is 1. The van der Waals surface area contributed by atoms with Gasteiger partial charge in [0.15, 0.2) is 11.5 Å². The van der Waals surface area contributed by atoms with E-state index in [4.69, 9.17) is 4.74 Å². The number of hydrogen-bond acceptors (Lipinski definition) is 6. The van der Waals surface area contributed by atoms with Gasteiger partial charge in [0.2, 0.25) is 5.91 Å². The van der Waals surface area contributed by atoms with E-state index in [-0.39, 0.29) is 74.3 Å². The first kappa shape index (κ1) is 33.4. The molecule has 0 heterocycles. The van der Waals surface area contributed by atoms with Crippen LogP contribution in [0.15, 0.2) is 35.9 Å². The topological polar surface area (TPSA) is 120 Å². The van der Waals surface area contributed by atoms with Crippen LogP contribution in [0.25, 0.3) is 0 Å². The van der Waals surface area contributed by atoms with Crippen LogP contribution in [0, 0.1) is 55.5 Å². The van der Waals surface area contributed by atoms with E-state index in [0.29, 0.717) is 12.1 Å². The van der Waals surface area contributed by atoms with Gasteiger partial charge >= 0.3 is 5.97 Å². The Balaban J connectivity index is 1.32. The summed E-state index contributed by atoms with van der Waals surface area (Å²) in [5.41, 5.74) is 0.705. The zero-order valence-electron chi connectivity index (χ0n) is 29.0. The molecule has 5 aliphatic carbocycles. The van der Waals surface area contributed by atoms with Crippen molar-refractivity contribution in [1.29, 1.82) is 0 Å². The highest BCUT2D eigenvalue weighted by molar-refractivity contribution is 5.97. The smallest absolute Gasteiger partial charge is 0.302 e. The fourth-order valence-corrected chi connectivity index (χ4v) is 11.8. The Morgan fingerprint density at radius 3 is 2.22 bits per heavy atom. The van der Waals surface area contributed by atoms with Gasteiger partial charge in [-0.3, -0.25) is 14.4 Å². The molecule has 0 spiro atoms. The molecular formula is C38H54N2O6. The number of amides is 1. The van der Waals surface area contributed by atoms with Crippen LogP contribution < -0.4 is 10.5 Å². The Morgan fingerprint density at radius 2 is 1.59 bits per heavy atom. The van der Waals surface area contributed by atoms with Crippen molar-refractivity contribution >= 4 is 29.0 Å². The molecule has 4 fully saturated rings. The standard InChI is InChI=1S/C38H54N2O6/c1-23(41)46-30-14-15-36(6)29(33(30,2)3)13-16-38(8)31(36)28(42)21-26-27-22-35(5,18-17-34(27,4)19-20-37(26,38)7)32(43)39-24-9-11-25(12-10-24)40(44)45/h9-12,21,27,29-31,40,44H,13-20,22H2,1-8H3,(H,39,43)/t27-,29-,30+,31-,34-,35+,36+,37+,38-/m1/s1. The number of benzene rings is 1. The summed E-state index contributed by atoms with van der Waals surface area (Å²) in [5.74, 6) is 0.291. The monoisotopic (exact) mass is 634 g/mol. The lowest BCUT2D eigenvalue weighted by atomic mass is 9.33. The van der Waals surface area contributed by atoms with Crippen LogP contribution in [0.5, 0.6) is 0 Å². The molecule has 1 unspecified atom stereocenters. The number of fused-ring (bicyclic) bond motifs is 7. The number of ketones is 1. The van der Waals surface area contributed by atoms with E-state index in [2.05, 4.69) is 53.8 Å². The first-order valence-electron chi connectivity index (χ1n) is 17.4. The molecule has 8 nitrogen and oxygen atoms in total. The van der Waals surface area contributed by atoms with Crippen LogP contribution >= 0.6 is 0 Å². The number of rotatable bonds is 4. The predicted octanol–water partition coefficient (Wildman–Crippen LogP) is 6.94. The quantitative estimate of drug-likeness (QED) is 0.244. The zero-order valence-corrected chi connectivity index (χ0v) is 29.0. The van der Waals surface area contributed by atoms with E-state index < -0.39 is 10.6 Å². The summed E-state index contributed by atoms with van der Waals surface area (Å²) < 4.78 is 5.86. The molecule has 1 aromatic carbocycles. The number of anilines is 1. The fraction of sp³-hybridized carbons (Fsp3) is 0.711. The highest BCUT2D eigenvalue weighted by atomic mass is 16.8. The van der Waals surface area contributed by atoms with E-state index in [1.165, 1.54) is 24.6 Å². The van der Waals surface area contributed by atoms with Crippen molar-refractivity contribution in [3.8, 4) is 0 Å². The van der Waals surface area contributed by atoms with Gasteiger partial charge in [-0.25, -0.2) is 5.21 Å². The van der Waals surface area contributed by atoms with Crippen LogP contribution in [0.1, 0.15) is 113 Å². The lowest BCUT2D eigenvalue weighted by molar-refractivity contribution is -0.991. The Kier molecular flexibility index (Phi) is 7.78. The van der Waals surface area contributed by atoms with Gasteiger partial charge in [0, 0.05) is 41.5 Å². The summed E-state index contributed by atoms with van der Waals surface area (Å²) in [7, 11) is 0. The molecule has 10 atom stereocenters. The van der Waals surface area contributed by atoms with Gasteiger partial charge < -0.3 is 15.3 Å². The van der Waals surface area contributed by atoms with Crippen molar-refractivity contribution < 1.29 is 29.6 Å². The molecule has 252 valence electrons. The Hall–Kier alpha value is -2.55. The van der Waals surface area contributed by atoms with Gasteiger partial charge in [-0.15, -0.1) is 0 Å². The number of nitrogens with one attached hydrogen (secondary N) is 2. The molecule has 6 rings (SSSR count). The van der Waals surface area contributed by atoms with Gasteiger partial charge in [-0.1, -0.05) is 54.0 Å². The fourth-order valence-electron chi connectivity index (χ4n) is 11.8. The largest absolute Gasteiger partial charge is 0.595 e. The molecule has 3 N–H and O–H groups in total. The molecule has 1 aromatic rings. The van der Waals surface area contributed by atoms with Gasteiger partial charge in [-0.2, -0.15) is 5.23 Å². The summed E-state index contributed by atoms with van der Waals surface area (Å²) in [6, 6.07) is 6.33. The molecule has 8 heteroatoms. The molecule has 0 bridgehead atoms. The van der Waals surface area contributed by atoms with Crippen molar-refractivity contribution in [2.75, 3.05) is 5.32 Å². The molecule has 46 heavy (non-hydrogen) atoms. The first-order valence-corrected chi connectivity index (χ1v) is 17.4. The van der Waals surface area contributed by atoms with Gasteiger partial charge in [0.25, 0.3) is 0 Å². The summed E-state index contributed by atoms with van der Waals surface area (Å²) >= 11 is 0. The van der Waals surface area contributed by atoms with Crippen LogP contribution in [-0.2, 0) is 19.1 Å². The molecule has 5 aliphatic rings. The number of ether oxygens (including phenoxy) is 1. The minimum atomic E-state index is -0.996. The van der Waals surface area contributed by atoms with Crippen LogP contribution in [0.4, 0.5) is 11.4 Å². The highest BCUT2D eigenvalue weighted by Crippen LogP contribution is 2.75. The Morgan fingerprint density at radius 1 is 0.935 bits per heavy atom. The van der Waals surface area contributed by atoms with Crippen LogP contribution in [0.3, 0.4) is 0 Å². The number of carbonyl (C=O) groups excluding carboxylic acids is 3. The third kappa shape index (κ3) is 4.75. The molecule has 1 amide bonds. The predicted molar refractivity (Wildman–Crippen MR) is 176 cm³/mol. The SMILES string of the molecule is CC(=O)O[C@H]1CC[C@@]2(C)[C@H](CC[C@]3(C)[C@@H]2C(=O)C=C2[C@H]4C[C@@](C)(C(=O)Nc5ccc([NH+]([O-])O)cc5)CC[C@]4(C)CC[C@@]23C)C1(C)C. The maximum atomic E-state index is 14.7. The second kappa shape index (κ2) is 10.7. The van der Waals surface area contributed by atoms with Gasteiger partial charge in [0.05, 0.1) is 0 Å². The molecule has 0 aliphatic heterocycles. The average Bonchev–Trinajstić information content (AvgIpc) is 2.96. The Bertz CT molecular complexity index is 1470. The van der Waals surface area contributed by atoms with E-state index in [0.717, 1.165) is 51.4 Å².